The Kier molecular flexibility index (Phi) is 1.99. The predicted molar refractivity (Wildman–Crippen MR) is 34.7 cm³/mol. The van der Waals surface area contributed by atoms with Crippen molar-refractivity contribution in [3.8, 4) is 0 Å². The zero-order valence-corrected chi connectivity index (χ0v) is 6.97. The van der Waals surface area contributed by atoms with E-state index in [4.69, 9.17) is 4.10 Å². The second-order valence-electron chi connectivity index (χ2n) is 1.86. The average molecular weight is 201 g/mol. The fraction of sp³-hybridized carbons (Fsp3) is 0. The van der Waals surface area contributed by atoms with E-state index in [2.05, 4.69) is 0 Å². The van der Waals surface area contributed by atoms with Gasteiger partial charge in [-0.1, -0.05) is 0 Å². The van der Waals surface area contributed by atoms with Crippen LogP contribution in [-0.2, 0) is 3.74 Å². The van der Waals surface area contributed by atoms with E-state index in [1.165, 1.54) is 12.1 Å². The third-order valence-corrected chi connectivity index (χ3v) is 3.08. The van der Waals surface area contributed by atoms with Crippen LogP contribution in [0.4, 0.5) is 0 Å². The van der Waals surface area contributed by atoms with Crippen LogP contribution in [-0.4, -0.2) is 18.3 Å². The van der Waals surface area contributed by atoms with E-state index >= 15 is 0 Å². The van der Waals surface area contributed by atoms with Crippen molar-refractivity contribution in [2.24, 2.45) is 0 Å². The molecule has 3 nitrogen and oxygen atoms in total. The van der Waals surface area contributed by atoms with Crippen LogP contribution >= 0.6 is 0 Å². The molecule has 0 radical (unpaired) electrons. The van der Waals surface area contributed by atoms with Crippen LogP contribution in [0.2, 0.25) is 0 Å². The van der Waals surface area contributed by atoms with Gasteiger partial charge in [0.15, 0.2) is 0 Å². The Morgan fingerprint density at radius 1 is 1.30 bits per heavy atom. The molecule has 1 unspecified atom stereocenters. The molecule has 54 valence electrons. The van der Waals surface area contributed by atoms with Crippen molar-refractivity contribution in [1.29, 1.82) is 0 Å². The van der Waals surface area contributed by atoms with Crippen LogP contribution in [0.3, 0.4) is 0 Å². The van der Waals surface area contributed by atoms with Crippen LogP contribution in [0.15, 0.2) is 30.3 Å². The van der Waals surface area contributed by atoms with Gasteiger partial charge in [-0.25, -0.2) is 0 Å². The normalized spacial score (nSPS) is 16.2. The molecule has 10 heavy (non-hydrogen) atoms. The molecule has 0 fully saturated rings. The molecule has 0 aromatic heterocycles. The average Bonchev–Trinajstić information content (AvgIpc) is 1.88. The fourth-order valence-corrected chi connectivity index (χ4v) is 1.77. The standard InChI is InChI=1S/C6H7AsO3/c8-7(9,10)6-4-2-1-3-5-6/h1-5H,(H2,8,9,10)/p-1. The van der Waals surface area contributed by atoms with Crippen molar-refractivity contribution in [1.82, 2.24) is 0 Å². The van der Waals surface area contributed by atoms with Gasteiger partial charge in [0.05, 0.1) is 0 Å². The Balaban J connectivity index is 3.09. The molecule has 0 bridgehead atoms. The number of rotatable bonds is 1. The summed E-state index contributed by atoms with van der Waals surface area (Å²) in [4.78, 5) is 0. The van der Waals surface area contributed by atoms with Gasteiger partial charge in [-0.05, 0) is 0 Å². The summed E-state index contributed by atoms with van der Waals surface area (Å²) in [5.74, 6) is 0. The number of benzene rings is 1. The van der Waals surface area contributed by atoms with E-state index in [-0.39, 0.29) is 4.35 Å². The third kappa shape index (κ3) is 1.74. The summed E-state index contributed by atoms with van der Waals surface area (Å²) in [6.07, 6.45) is 0. The Morgan fingerprint density at radius 2 is 1.80 bits per heavy atom. The molecule has 1 rings (SSSR count). The number of hydrogen-bond acceptors (Lipinski definition) is 2. The van der Waals surface area contributed by atoms with Crippen molar-refractivity contribution in [2.45, 2.75) is 0 Å². The summed E-state index contributed by atoms with van der Waals surface area (Å²) in [7, 11) is 0. The van der Waals surface area contributed by atoms with Gasteiger partial charge in [0.25, 0.3) is 0 Å². The van der Waals surface area contributed by atoms with Crippen LogP contribution < -0.4 is 8.45 Å². The summed E-state index contributed by atoms with van der Waals surface area (Å²) in [5, 5.41) is 0. The van der Waals surface area contributed by atoms with Gasteiger partial charge in [-0.2, -0.15) is 0 Å². The quantitative estimate of drug-likeness (QED) is 0.569. The minimum atomic E-state index is -4.85. The molecular formula is C6H6AsO3-. The van der Waals surface area contributed by atoms with Crippen molar-refractivity contribution < 1.29 is 11.9 Å². The molecule has 1 atom stereocenters. The van der Waals surface area contributed by atoms with Gasteiger partial charge in [-0.3, -0.25) is 0 Å². The molecule has 0 amide bonds. The molecule has 0 aliphatic rings. The first-order valence-electron chi connectivity index (χ1n) is 2.70. The van der Waals surface area contributed by atoms with Gasteiger partial charge < -0.3 is 0 Å². The monoisotopic (exact) mass is 201 g/mol. The van der Waals surface area contributed by atoms with Crippen molar-refractivity contribution >= 4 is 18.5 Å². The molecule has 1 aromatic rings. The molecule has 0 aliphatic heterocycles. The Morgan fingerprint density at radius 3 is 2.10 bits per heavy atom. The first kappa shape index (κ1) is 7.60. The fourth-order valence-electron chi connectivity index (χ4n) is 0.616. The van der Waals surface area contributed by atoms with Crippen LogP contribution in [0.1, 0.15) is 0 Å². The third-order valence-electron chi connectivity index (χ3n) is 1.08. The van der Waals surface area contributed by atoms with Gasteiger partial charge >= 0.3 is 60.8 Å². The summed E-state index contributed by atoms with van der Waals surface area (Å²) in [5.41, 5.74) is 0. The maximum absolute atomic E-state index is 10.5. The van der Waals surface area contributed by atoms with E-state index in [9.17, 15) is 7.84 Å². The second kappa shape index (κ2) is 2.62. The summed E-state index contributed by atoms with van der Waals surface area (Å²) < 4.78 is 29.5. The molecule has 0 saturated carbocycles. The first-order valence-corrected chi connectivity index (χ1v) is 6.01. The molecule has 4 heteroatoms. The Bertz CT molecular complexity index is 251. The molecule has 1 aromatic carbocycles. The zero-order valence-electron chi connectivity index (χ0n) is 5.10. The van der Waals surface area contributed by atoms with Crippen LogP contribution in [0.25, 0.3) is 0 Å². The SMILES string of the molecule is O=[As]([O-])(O)c1ccccc1. The van der Waals surface area contributed by atoms with Crippen LogP contribution in [0, 0.1) is 0 Å². The van der Waals surface area contributed by atoms with Gasteiger partial charge in [-0.15, -0.1) is 0 Å². The maximum atomic E-state index is 10.5. The number of hydrogen-bond donors (Lipinski definition) is 1. The molecular weight excluding hydrogens is 195 g/mol. The van der Waals surface area contributed by atoms with E-state index in [0.717, 1.165) is 0 Å². The zero-order chi connectivity index (χ0) is 7.61. The van der Waals surface area contributed by atoms with Crippen LogP contribution in [0.5, 0.6) is 0 Å². The van der Waals surface area contributed by atoms with Gasteiger partial charge in [0.2, 0.25) is 0 Å². The topological polar surface area (TPSA) is 60.4 Å². The summed E-state index contributed by atoms with van der Waals surface area (Å²) in [6, 6.07) is 7.56. The van der Waals surface area contributed by atoms with Gasteiger partial charge in [0.1, 0.15) is 0 Å². The van der Waals surface area contributed by atoms with Gasteiger partial charge in [0, 0.05) is 0 Å². The van der Waals surface area contributed by atoms with E-state index in [0.29, 0.717) is 0 Å². The summed E-state index contributed by atoms with van der Waals surface area (Å²) >= 11 is -4.85. The molecule has 1 N–H and O–H groups in total. The van der Waals surface area contributed by atoms with Crippen molar-refractivity contribution in [3.05, 3.63) is 30.3 Å². The van der Waals surface area contributed by atoms with Crippen molar-refractivity contribution in [2.75, 3.05) is 0 Å². The minimum absolute atomic E-state index is 0.0145. The van der Waals surface area contributed by atoms with E-state index in [1.807, 2.05) is 0 Å². The van der Waals surface area contributed by atoms with Crippen molar-refractivity contribution in [3.63, 3.8) is 0 Å². The van der Waals surface area contributed by atoms with E-state index in [1.54, 1.807) is 18.2 Å². The molecule has 0 saturated heterocycles. The Hall–Kier alpha value is -0.502. The van der Waals surface area contributed by atoms with E-state index < -0.39 is 14.2 Å². The Labute approximate surface area is 61.3 Å². The first-order chi connectivity index (χ1) is 4.61. The molecule has 0 spiro atoms. The summed E-state index contributed by atoms with van der Waals surface area (Å²) in [6.45, 7) is 0. The molecule has 0 aliphatic carbocycles. The molecule has 0 heterocycles. The predicted octanol–water partition coefficient (Wildman–Crippen LogP) is -1.38. The second-order valence-corrected chi connectivity index (χ2v) is 5.12.